The summed E-state index contributed by atoms with van der Waals surface area (Å²) in [5.74, 6) is -0.823. The van der Waals surface area contributed by atoms with Crippen LogP contribution in [0.2, 0.25) is 0 Å². The average molecular weight is 268 g/mol. The molecule has 6 heteroatoms. The Morgan fingerprint density at radius 2 is 1.95 bits per heavy atom. The van der Waals surface area contributed by atoms with Crippen molar-refractivity contribution in [2.75, 3.05) is 20.7 Å². The van der Waals surface area contributed by atoms with E-state index in [1.807, 2.05) is 0 Å². The number of hydroxylamine groups is 2. The van der Waals surface area contributed by atoms with Crippen LogP contribution in [0.5, 0.6) is 0 Å². The van der Waals surface area contributed by atoms with Gasteiger partial charge in [0.15, 0.2) is 0 Å². The Labute approximate surface area is 111 Å². The highest BCUT2D eigenvalue weighted by molar-refractivity contribution is 5.94. The van der Waals surface area contributed by atoms with Gasteiger partial charge in [0.2, 0.25) is 5.91 Å². The van der Waals surface area contributed by atoms with E-state index in [0.29, 0.717) is 18.5 Å². The van der Waals surface area contributed by atoms with Crippen LogP contribution in [0.15, 0.2) is 24.3 Å². The van der Waals surface area contributed by atoms with Gasteiger partial charge < -0.3 is 5.32 Å². The topological polar surface area (TPSA) is 58.6 Å². The first-order chi connectivity index (χ1) is 9.04. The molecule has 1 N–H and O–H groups in total. The molecule has 1 aromatic carbocycles. The first kappa shape index (κ1) is 15.1. The van der Waals surface area contributed by atoms with E-state index in [0.717, 1.165) is 5.06 Å². The maximum atomic E-state index is 12.7. The van der Waals surface area contributed by atoms with Crippen LogP contribution in [0.4, 0.5) is 4.39 Å². The largest absolute Gasteiger partial charge is 0.352 e. The second-order valence-corrected chi connectivity index (χ2v) is 3.94. The predicted molar refractivity (Wildman–Crippen MR) is 67.7 cm³/mol. The summed E-state index contributed by atoms with van der Waals surface area (Å²) in [5.41, 5.74) is 0.390. The number of benzene rings is 1. The Morgan fingerprint density at radius 3 is 2.53 bits per heavy atom. The quantitative estimate of drug-likeness (QED) is 0.626. The molecule has 1 rings (SSSR count). The van der Waals surface area contributed by atoms with E-state index in [4.69, 9.17) is 4.84 Å². The fraction of sp³-hybridized carbons (Fsp3) is 0.385. The molecule has 1 aromatic rings. The molecule has 0 aromatic heterocycles. The van der Waals surface area contributed by atoms with Gasteiger partial charge >= 0.3 is 0 Å². The lowest BCUT2D eigenvalue weighted by atomic mass is 10.2. The van der Waals surface area contributed by atoms with E-state index >= 15 is 0 Å². The molecule has 0 unspecified atom stereocenters. The summed E-state index contributed by atoms with van der Waals surface area (Å²) >= 11 is 0. The van der Waals surface area contributed by atoms with E-state index in [9.17, 15) is 14.0 Å². The Kier molecular flexibility index (Phi) is 5.95. The molecule has 0 saturated carbocycles. The van der Waals surface area contributed by atoms with Crippen molar-refractivity contribution in [1.29, 1.82) is 0 Å². The van der Waals surface area contributed by atoms with Crippen LogP contribution >= 0.6 is 0 Å². The SMILES string of the molecule is CON(C)C(=O)CCCNC(=O)c1ccc(F)cc1. The van der Waals surface area contributed by atoms with Crippen molar-refractivity contribution in [3.05, 3.63) is 35.6 Å². The minimum Gasteiger partial charge on any atom is -0.352 e. The van der Waals surface area contributed by atoms with E-state index in [-0.39, 0.29) is 24.1 Å². The molecule has 0 atom stereocenters. The highest BCUT2D eigenvalue weighted by Crippen LogP contribution is 2.02. The Bertz CT molecular complexity index is 434. The molecule has 0 heterocycles. The lowest BCUT2D eigenvalue weighted by Crippen LogP contribution is -2.28. The molecule has 104 valence electrons. The van der Waals surface area contributed by atoms with Gasteiger partial charge in [-0.05, 0) is 30.7 Å². The molecule has 0 bridgehead atoms. The molecular formula is C13H17FN2O3. The number of hydrogen-bond donors (Lipinski definition) is 1. The van der Waals surface area contributed by atoms with Gasteiger partial charge in [-0.1, -0.05) is 0 Å². The Balaban J connectivity index is 2.28. The molecule has 0 aliphatic heterocycles. The van der Waals surface area contributed by atoms with Crippen molar-refractivity contribution in [2.24, 2.45) is 0 Å². The fourth-order valence-electron chi connectivity index (χ4n) is 1.40. The number of amides is 2. The van der Waals surface area contributed by atoms with Crippen molar-refractivity contribution in [1.82, 2.24) is 10.4 Å². The van der Waals surface area contributed by atoms with Gasteiger partial charge in [0.25, 0.3) is 5.91 Å². The highest BCUT2D eigenvalue weighted by Gasteiger charge is 2.08. The van der Waals surface area contributed by atoms with Crippen molar-refractivity contribution in [2.45, 2.75) is 12.8 Å². The lowest BCUT2D eigenvalue weighted by molar-refractivity contribution is -0.168. The lowest BCUT2D eigenvalue weighted by Gasteiger charge is -2.13. The number of carbonyl (C=O) groups is 2. The first-order valence-corrected chi connectivity index (χ1v) is 5.89. The van der Waals surface area contributed by atoms with Gasteiger partial charge in [0.05, 0.1) is 7.11 Å². The summed E-state index contributed by atoms with van der Waals surface area (Å²) in [6.07, 6.45) is 0.799. The number of carbonyl (C=O) groups excluding carboxylic acids is 2. The molecule has 0 aliphatic carbocycles. The summed E-state index contributed by atoms with van der Waals surface area (Å²) in [4.78, 5) is 27.7. The molecule has 0 fully saturated rings. The van der Waals surface area contributed by atoms with Gasteiger partial charge in [-0.3, -0.25) is 14.4 Å². The summed E-state index contributed by atoms with van der Waals surface area (Å²) in [7, 11) is 2.94. The zero-order valence-corrected chi connectivity index (χ0v) is 11.0. The van der Waals surface area contributed by atoms with Gasteiger partial charge in [-0.15, -0.1) is 0 Å². The second-order valence-electron chi connectivity index (χ2n) is 3.94. The Morgan fingerprint density at radius 1 is 1.32 bits per heavy atom. The van der Waals surface area contributed by atoms with Crippen LogP contribution in [0.3, 0.4) is 0 Å². The first-order valence-electron chi connectivity index (χ1n) is 5.89. The van der Waals surface area contributed by atoms with E-state index in [2.05, 4.69) is 5.32 Å². The van der Waals surface area contributed by atoms with Crippen molar-refractivity contribution >= 4 is 11.8 Å². The predicted octanol–water partition coefficient (Wildman–Crippen LogP) is 1.36. The number of nitrogens with zero attached hydrogens (tertiary/aromatic N) is 1. The molecule has 0 radical (unpaired) electrons. The minimum absolute atomic E-state index is 0.154. The number of nitrogens with one attached hydrogen (secondary N) is 1. The number of halogens is 1. The fourth-order valence-corrected chi connectivity index (χ4v) is 1.40. The smallest absolute Gasteiger partial charge is 0.251 e. The average Bonchev–Trinajstić information content (AvgIpc) is 2.42. The van der Waals surface area contributed by atoms with Crippen molar-refractivity contribution in [3.63, 3.8) is 0 Å². The third-order valence-electron chi connectivity index (χ3n) is 2.58. The van der Waals surface area contributed by atoms with Gasteiger partial charge in [0, 0.05) is 25.6 Å². The second kappa shape index (κ2) is 7.48. The number of rotatable bonds is 6. The van der Waals surface area contributed by atoms with Gasteiger partial charge in [-0.2, -0.15) is 0 Å². The van der Waals surface area contributed by atoms with Crippen LogP contribution in [0.25, 0.3) is 0 Å². The summed E-state index contributed by atoms with van der Waals surface area (Å²) in [5, 5.41) is 3.80. The molecule has 2 amide bonds. The molecule has 19 heavy (non-hydrogen) atoms. The van der Waals surface area contributed by atoms with E-state index < -0.39 is 0 Å². The van der Waals surface area contributed by atoms with Gasteiger partial charge in [-0.25, -0.2) is 9.45 Å². The maximum Gasteiger partial charge on any atom is 0.251 e. The maximum absolute atomic E-state index is 12.7. The normalized spacial score (nSPS) is 10.1. The molecule has 0 spiro atoms. The van der Waals surface area contributed by atoms with Crippen molar-refractivity contribution in [3.8, 4) is 0 Å². The zero-order valence-electron chi connectivity index (χ0n) is 11.0. The van der Waals surface area contributed by atoms with Crippen LogP contribution < -0.4 is 5.32 Å². The van der Waals surface area contributed by atoms with Crippen LogP contribution in [-0.4, -0.2) is 37.6 Å². The summed E-state index contributed by atoms with van der Waals surface area (Å²) in [6.45, 7) is 0.375. The van der Waals surface area contributed by atoms with E-state index in [1.165, 1.54) is 38.4 Å². The minimum atomic E-state index is -0.384. The molecule has 0 aliphatic rings. The number of hydrogen-bond acceptors (Lipinski definition) is 3. The molecular weight excluding hydrogens is 251 g/mol. The highest BCUT2D eigenvalue weighted by atomic mass is 19.1. The van der Waals surface area contributed by atoms with E-state index in [1.54, 1.807) is 0 Å². The summed E-state index contributed by atoms with van der Waals surface area (Å²) < 4.78 is 12.7. The van der Waals surface area contributed by atoms with Crippen LogP contribution in [-0.2, 0) is 9.63 Å². The van der Waals surface area contributed by atoms with Crippen LogP contribution in [0, 0.1) is 5.82 Å². The van der Waals surface area contributed by atoms with Crippen LogP contribution in [0.1, 0.15) is 23.2 Å². The molecule has 0 saturated heterocycles. The standard InChI is InChI=1S/C13H17FN2O3/c1-16(19-2)12(17)4-3-9-15-13(18)10-5-7-11(14)8-6-10/h5-8H,3-4,9H2,1-2H3,(H,15,18). The van der Waals surface area contributed by atoms with Gasteiger partial charge in [0.1, 0.15) is 5.82 Å². The summed E-state index contributed by atoms with van der Waals surface area (Å²) in [6, 6.07) is 5.28. The monoisotopic (exact) mass is 268 g/mol. The molecule has 5 nitrogen and oxygen atoms in total. The zero-order chi connectivity index (χ0) is 14.3. The third kappa shape index (κ3) is 5.05. The van der Waals surface area contributed by atoms with Crippen molar-refractivity contribution < 1.29 is 18.8 Å². The third-order valence-corrected chi connectivity index (χ3v) is 2.58. The Hall–Kier alpha value is -1.95.